The number of nitrogens with one attached hydrogen (secondary N) is 2. The zero-order valence-corrected chi connectivity index (χ0v) is 14.5. The maximum Gasteiger partial charge on any atom is 0.271 e. The molecule has 136 valence electrons. The van der Waals surface area contributed by atoms with Crippen LogP contribution in [0.3, 0.4) is 0 Å². The molecule has 3 aromatic rings. The molecule has 0 spiro atoms. The molecule has 0 saturated carbocycles. The minimum atomic E-state index is -0.604. The Balaban J connectivity index is 1.49. The van der Waals surface area contributed by atoms with Gasteiger partial charge in [-0.3, -0.25) is 4.79 Å². The van der Waals surface area contributed by atoms with E-state index < -0.39 is 5.91 Å². The Bertz CT molecular complexity index is 1010. The summed E-state index contributed by atoms with van der Waals surface area (Å²) in [6.07, 6.45) is 5.08. The molecule has 1 saturated heterocycles. The van der Waals surface area contributed by atoms with Gasteiger partial charge in [-0.2, -0.15) is 5.26 Å². The largest absolute Gasteiger partial charge is 0.380 e. The van der Waals surface area contributed by atoms with E-state index in [9.17, 15) is 4.79 Å². The molecule has 1 aliphatic heterocycles. The predicted molar refractivity (Wildman–Crippen MR) is 100 cm³/mol. The molecule has 1 aliphatic rings. The smallest absolute Gasteiger partial charge is 0.271 e. The lowest BCUT2D eigenvalue weighted by molar-refractivity contribution is 0.0995. The quantitative estimate of drug-likeness (QED) is 0.638. The highest BCUT2D eigenvalue weighted by molar-refractivity contribution is 6.04. The van der Waals surface area contributed by atoms with Crippen LogP contribution in [0.1, 0.15) is 28.9 Å². The number of aromatic amines is 1. The fourth-order valence-corrected chi connectivity index (χ4v) is 3.34. The van der Waals surface area contributed by atoms with Crippen LogP contribution in [0.25, 0.3) is 11.0 Å². The summed E-state index contributed by atoms with van der Waals surface area (Å²) in [6, 6.07) is 7.76. The number of primary amides is 1. The van der Waals surface area contributed by atoms with Gasteiger partial charge in [0.2, 0.25) is 0 Å². The van der Waals surface area contributed by atoms with Gasteiger partial charge in [-0.05, 0) is 31.0 Å². The minimum Gasteiger partial charge on any atom is -0.380 e. The van der Waals surface area contributed by atoms with Gasteiger partial charge >= 0.3 is 0 Å². The molecule has 9 heteroatoms. The molecule has 4 heterocycles. The van der Waals surface area contributed by atoms with Gasteiger partial charge in [0, 0.05) is 36.9 Å². The number of carbonyl (C=O) groups is 1. The first-order chi connectivity index (χ1) is 13.2. The molecule has 1 fully saturated rings. The van der Waals surface area contributed by atoms with Crippen LogP contribution >= 0.6 is 0 Å². The summed E-state index contributed by atoms with van der Waals surface area (Å²) in [5.41, 5.74) is 7.41. The lowest BCUT2D eigenvalue weighted by atomic mass is 10.0. The average Bonchev–Trinajstić information content (AvgIpc) is 3.18. The summed E-state index contributed by atoms with van der Waals surface area (Å²) < 4.78 is 0. The van der Waals surface area contributed by atoms with Gasteiger partial charge in [0.05, 0.1) is 11.3 Å². The number of rotatable bonds is 4. The summed E-state index contributed by atoms with van der Waals surface area (Å²) in [6.45, 7) is 1.63. The van der Waals surface area contributed by atoms with Crippen LogP contribution < -0.4 is 16.0 Å². The first kappa shape index (κ1) is 16.8. The molecule has 3 aromatic heterocycles. The molecular weight excluding hydrogens is 344 g/mol. The minimum absolute atomic E-state index is 0.151. The van der Waals surface area contributed by atoms with Crippen molar-refractivity contribution in [2.45, 2.75) is 18.9 Å². The van der Waals surface area contributed by atoms with E-state index in [1.54, 1.807) is 18.5 Å². The molecule has 0 aliphatic carbocycles. The number of hydrogen-bond acceptors (Lipinski definition) is 7. The first-order valence-corrected chi connectivity index (χ1v) is 8.67. The monoisotopic (exact) mass is 362 g/mol. The van der Waals surface area contributed by atoms with Gasteiger partial charge in [-0.1, -0.05) is 0 Å². The van der Waals surface area contributed by atoms with Crippen LogP contribution in [0.4, 0.5) is 11.5 Å². The summed E-state index contributed by atoms with van der Waals surface area (Å²) in [4.78, 5) is 21.3. The Morgan fingerprint density at radius 1 is 1.30 bits per heavy atom. The van der Waals surface area contributed by atoms with Crippen LogP contribution in [-0.2, 0) is 0 Å². The fourth-order valence-electron chi connectivity index (χ4n) is 3.34. The zero-order valence-electron chi connectivity index (χ0n) is 14.5. The van der Waals surface area contributed by atoms with E-state index in [1.165, 1.54) is 0 Å². The highest BCUT2D eigenvalue weighted by atomic mass is 16.1. The van der Waals surface area contributed by atoms with Crippen LogP contribution in [0.15, 0.2) is 30.6 Å². The Morgan fingerprint density at radius 3 is 2.78 bits per heavy atom. The zero-order chi connectivity index (χ0) is 18.8. The number of H-pyrrole nitrogens is 1. The molecule has 0 bridgehead atoms. The Labute approximate surface area is 155 Å². The van der Waals surface area contributed by atoms with E-state index in [0.29, 0.717) is 16.9 Å². The Morgan fingerprint density at radius 2 is 2.11 bits per heavy atom. The number of nitrogens with two attached hydrogens (primary N) is 1. The van der Waals surface area contributed by atoms with E-state index in [1.807, 2.05) is 12.1 Å². The lowest BCUT2D eigenvalue weighted by Gasteiger charge is -2.33. The molecule has 4 rings (SSSR count). The number of fused-ring (bicyclic) bond motifs is 1. The maximum atomic E-state index is 11.7. The van der Waals surface area contributed by atoms with Gasteiger partial charge in [0.15, 0.2) is 11.3 Å². The first-order valence-electron chi connectivity index (χ1n) is 8.67. The third-order valence-corrected chi connectivity index (χ3v) is 4.76. The predicted octanol–water partition coefficient (Wildman–Crippen LogP) is 1.40. The Hall–Kier alpha value is -3.67. The standard InChI is InChI=1S/C18H18N8O/c19-9-11-1-2-14(22-10-11)26-7-4-12(5-8-26)23-15-13-3-6-21-18(13)25-24-16(15)17(20)27/h1-3,6,10,12H,4-5,7-8H2,(H2,20,27)(H2,21,23,25). The van der Waals surface area contributed by atoms with Crippen molar-refractivity contribution in [3.63, 3.8) is 0 Å². The highest BCUT2D eigenvalue weighted by Gasteiger charge is 2.23. The van der Waals surface area contributed by atoms with Crippen molar-refractivity contribution in [1.29, 1.82) is 5.26 Å². The van der Waals surface area contributed by atoms with E-state index in [0.717, 1.165) is 37.1 Å². The van der Waals surface area contributed by atoms with Crippen molar-refractivity contribution < 1.29 is 4.79 Å². The molecule has 0 radical (unpaired) electrons. The number of nitriles is 1. The van der Waals surface area contributed by atoms with Gasteiger partial charge in [-0.15, -0.1) is 10.2 Å². The van der Waals surface area contributed by atoms with Crippen molar-refractivity contribution >= 4 is 28.4 Å². The normalized spacial score (nSPS) is 14.9. The van der Waals surface area contributed by atoms with Gasteiger partial charge in [-0.25, -0.2) is 4.98 Å². The molecule has 0 aromatic carbocycles. The lowest BCUT2D eigenvalue weighted by Crippen LogP contribution is -2.40. The number of anilines is 2. The SMILES string of the molecule is N#Cc1ccc(N2CCC(Nc3c(C(N)=O)nnc4[nH]ccc34)CC2)nc1. The number of piperidine rings is 1. The van der Waals surface area contributed by atoms with E-state index in [2.05, 4.69) is 36.5 Å². The molecule has 1 amide bonds. The van der Waals surface area contributed by atoms with Crippen molar-refractivity contribution in [2.75, 3.05) is 23.3 Å². The van der Waals surface area contributed by atoms with Crippen LogP contribution in [0.2, 0.25) is 0 Å². The second kappa shape index (κ2) is 6.92. The molecular formula is C18H18N8O. The third kappa shape index (κ3) is 3.25. The van der Waals surface area contributed by atoms with Crippen LogP contribution in [0, 0.1) is 11.3 Å². The number of aromatic nitrogens is 4. The van der Waals surface area contributed by atoms with E-state index in [-0.39, 0.29) is 11.7 Å². The number of hydrogen-bond donors (Lipinski definition) is 3. The molecule has 4 N–H and O–H groups in total. The molecule has 9 nitrogen and oxygen atoms in total. The summed E-state index contributed by atoms with van der Waals surface area (Å²) in [5.74, 6) is 0.260. The second-order valence-corrected chi connectivity index (χ2v) is 6.45. The van der Waals surface area contributed by atoms with Crippen molar-refractivity contribution in [1.82, 2.24) is 20.2 Å². The van der Waals surface area contributed by atoms with Crippen LogP contribution in [0.5, 0.6) is 0 Å². The maximum absolute atomic E-state index is 11.7. The van der Waals surface area contributed by atoms with E-state index >= 15 is 0 Å². The fraction of sp³-hybridized carbons (Fsp3) is 0.278. The van der Waals surface area contributed by atoms with Crippen molar-refractivity contribution in [2.24, 2.45) is 5.73 Å². The number of pyridine rings is 1. The summed E-state index contributed by atoms with van der Waals surface area (Å²) in [7, 11) is 0. The summed E-state index contributed by atoms with van der Waals surface area (Å²) >= 11 is 0. The van der Waals surface area contributed by atoms with Gasteiger partial charge in [0.25, 0.3) is 5.91 Å². The molecule has 27 heavy (non-hydrogen) atoms. The van der Waals surface area contributed by atoms with Crippen LogP contribution in [-0.4, -0.2) is 45.2 Å². The molecule has 0 unspecified atom stereocenters. The second-order valence-electron chi connectivity index (χ2n) is 6.45. The topological polar surface area (TPSA) is 137 Å². The average molecular weight is 362 g/mol. The highest BCUT2D eigenvalue weighted by Crippen LogP contribution is 2.27. The third-order valence-electron chi connectivity index (χ3n) is 4.76. The van der Waals surface area contributed by atoms with Crippen molar-refractivity contribution in [3.8, 4) is 6.07 Å². The Kier molecular flexibility index (Phi) is 4.30. The molecule has 0 atom stereocenters. The van der Waals surface area contributed by atoms with E-state index in [4.69, 9.17) is 11.0 Å². The van der Waals surface area contributed by atoms with Crippen molar-refractivity contribution in [3.05, 3.63) is 41.9 Å². The number of carbonyl (C=O) groups excluding carboxylic acids is 1. The summed E-state index contributed by atoms with van der Waals surface area (Å²) in [5, 5.41) is 21.1. The van der Waals surface area contributed by atoms with Gasteiger partial charge < -0.3 is 20.9 Å². The number of amides is 1. The van der Waals surface area contributed by atoms with Gasteiger partial charge in [0.1, 0.15) is 11.9 Å². The number of nitrogens with zero attached hydrogens (tertiary/aromatic N) is 5.